The minimum atomic E-state index is -1.74. The largest absolute Gasteiger partial charge is 0.470 e. The van der Waals surface area contributed by atoms with E-state index in [0.29, 0.717) is 43.2 Å². The molecule has 0 bridgehead atoms. The molecule has 0 aliphatic carbocycles. The van der Waals surface area contributed by atoms with Crippen LogP contribution in [-0.4, -0.2) is 24.4 Å². The van der Waals surface area contributed by atoms with E-state index in [1.165, 1.54) is 0 Å². The smallest absolute Gasteiger partial charge is 0.254 e. The maximum atomic E-state index is 12.9. The van der Waals surface area contributed by atoms with Gasteiger partial charge in [-0.1, -0.05) is 47.5 Å². The zero-order chi connectivity index (χ0) is 25.2. The number of hydrogen-bond donors (Lipinski definition) is 2. The van der Waals surface area contributed by atoms with Gasteiger partial charge in [0.15, 0.2) is 23.3 Å². The molecule has 36 heavy (non-hydrogen) atoms. The summed E-state index contributed by atoms with van der Waals surface area (Å²) in [5, 5.41) is 22.9. The summed E-state index contributed by atoms with van der Waals surface area (Å²) in [4.78, 5) is 12.9. The molecule has 1 atom stereocenters. The fraction of sp³-hybridized carbons (Fsp3) is 0.115. The lowest BCUT2D eigenvalue weighted by Gasteiger charge is -2.29. The molecule has 0 radical (unpaired) electrons. The summed E-state index contributed by atoms with van der Waals surface area (Å²) in [7, 11) is 1.73. The number of hydrogen-bond acceptors (Lipinski definition) is 6. The second-order valence-corrected chi connectivity index (χ2v) is 9.85. The van der Waals surface area contributed by atoms with Crippen LogP contribution in [0, 0.1) is 0 Å². The van der Waals surface area contributed by atoms with Crippen LogP contribution in [0.5, 0.6) is 5.75 Å². The molecule has 2 aromatic heterocycles. The van der Waals surface area contributed by atoms with Gasteiger partial charge in [-0.3, -0.25) is 9.36 Å². The zero-order valence-corrected chi connectivity index (χ0v) is 21.2. The van der Waals surface area contributed by atoms with Gasteiger partial charge in [-0.05, 0) is 53.1 Å². The fourth-order valence-electron chi connectivity index (χ4n) is 4.71. The monoisotopic (exact) mass is 536 g/mol. The number of aliphatic hydroxyl groups is 1. The molecular weight excluding hydrogens is 519 g/mol. The van der Waals surface area contributed by atoms with Crippen molar-refractivity contribution < 1.29 is 9.84 Å². The molecule has 0 fully saturated rings. The van der Waals surface area contributed by atoms with E-state index >= 15 is 0 Å². The Kier molecular flexibility index (Phi) is 5.38. The third kappa shape index (κ3) is 3.44. The summed E-state index contributed by atoms with van der Waals surface area (Å²) < 4.78 is 9.10. The lowest BCUT2D eigenvalue weighted by Crippen LogP contribution is -2.32. The van der Waals surface area contributed by atoms with E-state index in [0.717, 1.165) is 10.9 Å². The molecule has 3 aromatic carbocycles. The Hall–Kier alpha value is -3.30. The number of halogens is 2. The van der Waals surface area contributed by atoms with Gasteiger partial charge in [-0.25, -0.2) is 0 Å². The van der Waals surface area contributed by atoms with Crippen molar-refractivity contribution in [1.82, 2.24) is 19.3 Å². The van der Waals surface area contributed by atoms with Crippen molar-refractivity contribution >= 4 is 46.7 Å². The summed E-state index contributed by atoms with van der Waals surface area (Å²) in [5.41, 5.74) is 1.17. The number of pyridine rings is 1. The van der Waals surface area contributed by atoms with Crippen molar-refractivity contribution in [3.63, 3.8) is 0 Å². The van der Waals surface area contributed by atoms with Crippen LogP contribution in [0.1, 0.15) is 17.0 Å². The second-order valence-electron chi connectivity index (χ2n) is 8.58. The van der Waals surface area contributed by atoms with Gasteiger partial charge in [0.05, 0.1) is 5.52 Å². The normalized spacial score (nSPS) is 14.1. The number of nitrogens with zero attached hydrogens (tertiary/aromatic N) is 4. The highest BCUT2D eigenvalue weighted by atomic mass is 35.5. The predicted molar refractivity (Wildman–Crippen MR) is 141 cm³/mol. The number of aromatic nitrogens is 4. The Morgan fingerprint density at radius 2 is 1.78 bits per heavy atom. The molecule has 0 spiro atoms. The van der Waals surface area contributed by atoms with Crippen molar-refractivity contribution in [2.75, 3.05) is 0 Å². The van der Waals surface area contributed by atoms with E-state index < -0.39 is 5.60 Å². The van der Waals surface area contributed by atoms with Gasteiger partial charge in [0.1, 0.15) is 5.75 Å². The molecule has 10 heteroatoms. The van der Waals surface area contributed by atoms with E-state index in [-0.39, 0.29) is 18.1 Å². The lowest BCUT2D eigenvalue weighted by molar-refractivity contribution is 0.111. The highest BCUT2D eigenvalue weighted by Gasteiger charge is 2.40. The molecule has 0 amide bonds. The lowest BCUT2D eigenvalue weighted by atomic mass is 9.84. The molecule has 6 rings (SSSR count). The molecule has 5 aromatic rings. The Morgan fingerprint density at radius 1 is 1.00 bits per heavy atom. The van der Waals surface area contributed by atoms with E-state index in [1.54, 1.807) is 64.7 Å². The molecule has 0 saturated carbocycles. The third-order valence-corrected chi connectivity index (χ3v) is 7.39. The number of rotatable bonds is 4. The van der Waals surface area contributed by atoms with Crippen LogP contribution >= 0.6 is 35.8 Å². The predicted octanol–water partition coefficient (Wildman–Crippen LogP) is 5.03. The second kappa shape index (κ2) is 8.38. The molecule has 1 unspecified atom stereocenters. The van der Waals surface area contributed by atoms with Gasteiger partial charge in [-0.2, -0.15) is 0 Å². The van der Waals surface area contributed by atoms with Gasteiger partial charge < -0.3 is 14.4 Å². The first-order valence-electron chi connectivity index (χ1n) is 11.0. The standard InChI is InChI=1S/C26H18Cl2N4O3S/c1-31-24(29-30-25(31)36)26(34,15-5-7-17(27)8-6-15)16-10-20-19(14-3-2-4-18(28)9-14)12-22(33)32-13-35-21(11-16)23(20)32/h2-12,34H,13H2,1H3,(H,30,36). The van der Waals surface area contributed by atoms with Crippen molar-refractivity contribution in [1.29, 1.82) is 0 Å². The third-order valence-electron chi connectivity index (χ3n) is 6.51. The van der Waals surface area contributed by atoms with E-state index in [1.807, 2.05) is 18.2 Å². The van der Waals surface area contributed by atoms with Crippen molar-refractivity contribution in [2.45, 2.75) is 17.5 Å². The van der Waals surface area contributed by atoms with Gasteiger partial charge in [0, 0.05) is 34.1 Å². The average molecular weight is 537 g/mol. The summed E-state index contributed by atoms with van der Waals surface area (Å²) in [5.74, 6) is 0.737. The van der Waals surface area contributed by atoms with Gasteiger partial charge in [0.25, 0.3) is 5.56 Å². The van der Waals surface area contributed by atoms with Gasteiger partial charge in [-0.15, -0.1) is 22.8 Å². The van der Waals surface area contributed by atoms with Crippen LogP contribution in [0.3, 0.4) is 0 Å². The summed E-state index contributed by atoms with van der Waals surface area (Å²) in [6.45, 7) is 0.0774. The first-order chi connectivity index (χ1) is 17.3. The fourth-order valence-corrected chi connectivity index (χ4v) is 5.16. The van der Waals surface area contributed by atoms with Crippen LogP contribution in [-0.2, 0) is 19.4 Å². The molecule has 3 heterocycles. The SMILES string of the molecule is Cn1c(S)nnc1C(O)(c1ccc(Cl)cc1)c1cc2c3c(c1)c(-c1cccc(Cl)c1)cc(=O)n3CO2. The number of ether oxygens (including phenoxy) is 1. The van der Waals surface area contributed by atoms with Crippen molar-refractivity contribution in [2.24, 2.45) is 7.05 Å². The summed E-state index contributed by atoms with van der Waals surface area (Å²) in [6, 6.07) is 19.3. The maximum Gasteiger partial charge on any atom is 0.254 e. The summed E-state index contributed by atoms with van der Waals surface area (Å²) in [6.07, 6.45) is 0. The van der Waals surface area contributed by atoms with Crippen molar-refractivity contribution in [3.8, 4) is 16.9 Å². The van der Waals surface area contributed by atoms with Gasteiger partial charge >= 0.3 is 0 Å². The van der Waals surface area contributed by atoms with Crippen molar-refractivity contribution in [3.05, 3.63) is 104 Å². The minimum Gasteiger partial charge on any atom is -0.470 e. The van der Waals surface area contributed by atoms with Crippen LogP contribution < -0.4 is 10.3 Å². The van der Waals surface area contributed by atoms with Crippen LogP contribution in [0.25, 0.3) is 22.0 Å². The van der Waals surface area contributed by atoms with E-state index in [4.69, 9.17) is 27.9 Å². The topological polar surface area (TPSA) is 82.2 Å². The number of benzene rings is 3. The van der Waals surface area contributed by atoms with E-state index in [2.05, 4.69) is 22.8 Å². The quantitative estimate of drug-likeness (QED) is 0.315. The molecule has 7 nitrogen and oxygen atoms in total. The Morgan fingerprint density at radius 3 is 2.47 bits per heavy atom. The van der Waals surface area contributed by atoms with Crippen LogP contribution in [0.4, 0.5) is 0 Å². The highest BCUT2D eigenvalue weighted by Crippen LogP contribution is 2.43. The highest BCUT2D eigenvalue weighted by molar-refractivity contribution is 7.80. The minimum absolute atomic E-state index is 0.0774. The average Bonchev–Trinajstić information content (AvgIpc) is 3.45. The molecule has 1 N–H and O–H groups in total. The Balaban J connectivity index is 1.71. The Labute approximate surface area is 220 Å². The Bertz CT molecular complexity index is 1730. The van der Waals surface area contributed by atoms with Crippen LogP contribution in [0.15, 0.2) is 76.7 Å². The van der Waals surface area contributed by atoms with Crippen LogP contribution in [0.2, 0.25) is 10.0 Å². The summed E-state index contributed by atoms with van der Waals surface area (Å²) >= 11 is 16.8. The molecule has 1 aliphatic rings. The first-order valence-corrected chi connectivity index (χ1v) is 12.2. The number of thiol groups is 1. The molecule has 180 valence electrons. The molecule has 1 aliphatic heterocycles. The first kappa shape index (κ1) is 23.1. The maximum absolute atomic E-state index is 12.9. The zero-order valence-electron chi connectivity index (χ0n) is 18.8. The molecule has 0 saturated heterocycles. The van der Waals surface area contributed by atoms with Gasteiger partial charge in [0.2, 0.25) is 0 Å². The van der Waals surface area contributed by atoms with E-state index in [9.17, 15) is 9.90 Å². The molecular formula is C26H18Cl2N4O3S.